The van der Waals surface area contributed by atoms with Crippen molar-refractivity contribution in [1.82, 2.24) is 10.6 Å². The molecule has 0 spiro atoms. The number of imide groups is 1. The molecule has 1 saturated carbocycles. The van der Waals surface area contributed by atoms with Crippen molar-refractivity contribution in [1.29, 1.82) is 0 Å². The van der Waals surface area contributed by atoms with E-state index in [0.717, 1.165) is 43.9 Å². The molecule has 3 amide bonds. The van der Waals surface area contributed by atoms with E-state index in [4.69, 9.17) is 0 Å². The lowest BCUT2D eigenvalue weighted by atomic mass is 9.86. The van der Waals surface area contributed by atoms with Crippen molar-refractivity contribution in [3.05, 3.63) is 35.4 Å². The van der Waals surface area contributed by atoms with Crippen molar-refractivity contribution in [2.24, 2.45) is 5.92 Å². The molecule has 0 aromatic heterocycles. The number of amides is 3. The second-order valence-corrected chi connectivity index (χ2v) is 6.51. The minimum atomic E-state index is -4.73. The molecular formula is C18H21F3N2O4. The van der Waals surface area contributed by atoms with Crippen LogP contribution in [0.25, 0.3) is 0 Å². The highest BCUT2D eigenvalue weighted by Gasteiger charge is 2.35. The van der Waals surface area contributed by atoms with Gasteiger partial charge in [0.05, 0.1) is 11.1 Å². The third-order valence-corrected chi connectivity index (χ3v) is 4.47. The molecular weight excluding hydrogens is 365 g/mol. The van der Waals surface area contributed by atoms with E-state index in [1.807, 2.05) is 12.2 Å². The first-order valence-electron chi connectivity index (χ1n) is 8.62. The maximum atomic E-state index is 12.9. The van der Waals surface area contributed by atoms with Crippen molar-refractivity contribution in [2.75, 3.05) is 6.61 Å². The SMILES string of the molecule is C[C@@H]1CCCC[C@@H]1NC(=O)NC(=O)COC(=O)c1ccccc1C(F)(F)F. The van der Waals surface area contributed by atoms with Crippen LogP contribution < -0.4 is 10.6 Å². The van der Waals surface area contributed by atoms with Crippen LogP contribution in [-0.4, -0.2) is 30.6 Å². The van der Waals surface area contributed by atoms with Crippen molar-refractivity contribution >= 4 is 17.9 Å². The number of urea groups is 1. The Balaban J connectivity index is 1.85. The predicted molar refractivity (Wildman–Crippen MR) is 89.8 cm³/mol. The Kier molecular flexibility index (Phi) is 6.81. The van der Waals surface area contributed by atoms with E-state index in [0.29, 0.717) is 0 Å². The van der Waals surface area contributed by atoms with Gasteiger partial charge in [0.25, 0.3) is 5.91 Å². The summed E-state index contributed by atoms with van der Waals surface area (Å²) in [4.78, 5) is 35.4. The minimum Gasteiger partial charge on any atom is -0.452 e. The van der Waals surface area contributed by atoms with Gasteiger partial charge in [-0.25, -0.2) is 9.59 Å². The Morgan fingerprint density at radius 1 is 1.15 bits per heavy atom. The molecule has 0 aliphatic heterocycles. The summed E-state index contributed by atoms with van der Waals surface area (Å²) in [6.45, 7) is 1.14. The van der Waals surface area contributed by atoms with Gasteiger partial charge in [0.2, 0.25) is 0 Å². The van der Waals surface area contributed by atoms with Crippen LogP contribution in [0.1, 0.15) is 48.5 Å². The van der Waals surface area contributed by atoms with Crippen LogP contribution in [0.5, 0.6) is 0 Å². The molecule has 0 radical (unpaired) electrons. The summed E-state index contributed by atoms with van der Waals surface area (Å²) in [6, 6.07) is 3.33. The average Bonchev–Trinajstić information content (AvgIpc) is 2.61. The molecule has 1 aromatic rings. The average molecular weight is 386 g/mol. The molecule has 9 heteroatoms. The molecule has 0 bridgehead atoms. The maximum Gasteiger partial charge on any atom is 0.417 e. The van der Waals surface area contributed by atoms with Gasteiger partial charge in [0.1, 0.15) is 0 Å². The van der Waals surface area contributed by atoms with Crippen LogP contribution in [0.2, 0.25) is 0 Å². The van der Waals surface area contributed by atoms with Gasteiger partial charge in [0, 0.05) is 6.04 Å². The lowest BCUT2D eigenvalue weighted by Gasteiger charge is -2.29. The van der Waals surface area contributed by atoms with Gasteiger partial charge in [-0.15, -0.1) is 0 Å². The van der Waals surface area contributed by atoms with Gasteiger partial charge in [-0.05, 0) is 30.9 Å². The quantitative estimate of drug-likeness (QED) is 0.778. The highest BCUT2D eigenvalue weighted by molar-refractivity contribution is 5.97. The molecule has 0 heterocycles. The Bertz CT molecular complexity index is 706. The van der Waals surface area contributed by atoms with Crippen LogP contribution in [0.3, 0.4) is 0 Å². The molecule has 2 N–H and O–H groups in total. The van der Waals surface area contributed by atoms with Gasteiger partial charge in [-0.2, -0.15) is 13.2 Å². The summed E-state index contributed by atoms with van der Waals surface area (Å²) in [6.07, 6.45) is -0.857. The number of ether oxygens (including phenoxy) is 1. The van der Waals surface area contributed by atoms with E-state index in [-0.39, 0.29) is 12.0 Å². The Hall–Kier alpha value is -2.58. The lowest BCUT2D eigenvalue weighted by molar-refractivity contribution is -0.138. The number of rotatable bonds is 4. The van der Waals surface area contributed by atoms with Gasteiger partial charge in [-0.3, -0.25) is 10.1 Å². The first-order valence-corrected chi connectivity index (χ1v) is 8.62. The van der Waals surface area contributed by atoms with Gasteiger partial charge < -0.3 is 10.1 Å². The molecule has 1 aliphatic carbocycles. The summed E-state index contributed by atoms with van der Waals surface area (Å²) in [5, 5.41) is 4.70. The summed E-state index contributed by atoms with van der Waals surface area (Å²) < 4.78 is 43.3. The number of hydrogen-bond acceptors (Lipinski definition) is 4. The zero-order chi connectivity index (χ0) is 20.0. The second-order valence-electron chi connectivity index (χ2n) is 6.51. The molecule has 0 unspecified atom stereocenters. The fraction of sp³-hybridized carbons (Fsp3) is 0.500. The smallest absolute Gasteiger partial charge is 0.417 e. The molecule has 1 aliphatic rings. The predicted octanol–water partition coefficient (Wildman–Crippen LogP) is 3.27. The van der Waals surface area contributed by atoms with E-state index >= 15 is 0 Å². The molecule has 6 nitrogen and oxygen atoms in total. The summed E-state index contributed by atoms with van der Waals surface area (Å²) in [5.41, 5.74) is -1.85. The zero-order valence-electron chi connectivity index (χ0n) is 14.8. The number of halogens is 3. The van der Waals surface area contributed by atoms with Crippen LogP contribution in [0.4, 0.5) is 18.0 Å². The lowest BCUT2D eigenvalue weighted by Crippen LogP contribution is -2.48. The first kappa shape index (κ1) is 20.7. The van der Waals surface area contributed by atoms with Crippen LogP contribution in [-0.2, 0) is 15.7 Å². The summed E-state index contributed by atoms with van der Waals surface area (Å²) >= 11 is 0. The Morgan fingerprint density at radius 2 is 1.81 bits per heavy atom. The third-order valence-electron chi connectivity index (χ3n) is 4.47. The fourth-order valence-corrected chi connectivity index (χ4v) is 3.02. The number of hydrogen-bond donors (Lipinski definition) is 2. The van der Waals surface area contributed by atoms with Gasteiger partial charge in [0.15, 0.2) is 6.61 Å². The number of alkyl halides is 3. The second kappa shape index (κ2) is 8.88. The highest BCUT2D eigenvalue weighted by atomic mass is 19.4. The Morgan fingerprint density at radius 3 is 2.48 bits per heavy atom. The largest absolute Gasteiger partial charge is 0.452 e. The maximum absolute atomic E-state index is 12.9. The molecule has 0 saturated heterocycles. The number of carbonyl (C=O) groups excluding carboxylic acids is 3. The summed E-state index contributed by atoms with van der Waals surface area (Å²) in [7, 11) is 0. The van der Waals surface area contributed by atoms with Crippen LogP contribution >= 0.6 is 0 Å². The van der Waals surface area contributed by atoms with Crippen molar-refractivity contribution < 1.29 is 32.3 Å². The molecule has 148 valence electrons. The topological polar surface area (TPSA) is 84.5 Å². The van der Waals surface area contributed by atoms with Crippen LogP contribution in [0.15, 0.2) is 24.3 Å². The number of nitrogens with one attached hydrogen (secondary N) is 2. The van der Waals surface area contributed by atoms with Crippen molar-refractivity contribution in [2.45, 2.75) is 44.8 Å². The third kappa shape index (κ3) is 5.97. The fourth-order valence-electron chi connectivity index (χ4n) is 3.02. The van der Waals surface area contributed by atoms with Crippen molar-refractivity contribution in [3.63, 3.8) is 0 Å². The van der Waals surface area contributed by atoms with Gasteiger partial charge >= 0.3 is 18.2 Å². The monoisotopic (exact) mass is 386 g/mol. The number of benzene rings is 1. The van der Waals surface area contributed by atoms with E-state index < -0.39 is 41.8 Å². The number of carbonyl (C=O) groups is 3. The van der Waals surface area contributed by atoms with E-state index in [9.17, 15) is 27.6 Å². The van der Waals surface area contributed by atoms with Crippen molar-refractivity contribution in [3.8, 4) is 0 Å². The molecule has 2 atom stereocenters. The van der Waals surface area contributed by atoms with E-state index in [1.165, 1.54) is 6.07 Å². The zero-order valence-corrected chi connectivity index (χ0v) is 14.8. The summed E-state index contributed by atoms with van der Waals surface area (Å²) in [5.74, 6) is -1.93. The molecule has 1 aromatic carbocycles. The molecule has 1 fully saturated rings. The molecule has 2 rings (SSSR count). The van der Waals surface area contributed by atoms with E-state index in [1.54, 1.807) is 0 Å². The highest BCUT2D eigenvalue weighted by Crippen LogP contribution is 2.32. The minimum absolute atomic E-state index is 0.0484. The number of esters is 1. The van der Waals surface area contributed by atoms with Gasteiger partial charge in [-0.1, -0.05) is 31.9 Å². The normalized spacial score (nSPS) is 19.9. The Labute approximate surface area is 154 Å². The first-order chi connectivity index (χ1) is 12.7. The molecule has 27 heavy (non-hydrogen) atoms. The standard InChI is InChI=1S/C18H21F3N2O4/c1-11-6-2-5-9-14(11)22-17(26)23-15(24)10-27-16(25)12-7-3-4-8-13(12)18(19,20)21/h3-4,7-8,11,14H,2,5-6,9-10H2,1H3,(H2,22,23,24,26)/t11-,14+/m1/s1. The van der Waals surface area contributed by atoms with E-state index in [2.05, 4.69) is 10.1 Å². The van der Waals surface area contributed by atoms with Crippen LogP contribution in [0, 0.1) is 5.92 Å².